The number of nitrogens with zero attached hydrogens (tertiary/aromatic N) is 7. The first-order valence-corrected chi connectivity index (χ1v) is 18.5. The van der Waals surface area contributed by atoms with Crippen LogP contribution in [0.25, 0.3) is 5.65 Å². The zero-order valence-corrected chi connectivity index (χ0v) is 31.0. The number of amides is 3. The molecule has 3 aromatic rings. The minimum absolute atomic E-state index is 0.186. The van der Waals surface area contributed by atoms with Crippen LogP contribution in [-0.2, 0) is 20.8 Å². The molecule has 282 valence electrons. The molecule has 0 radical (unpaired) electrons. The number of nitrogens with one attached hydrogen (secondary N) is 1. The molecular formula is C37H52N8O7. The summed E-state index contributed by atoms with van der Waals surface area (Å²) in [6.45, 7) is 13.5. The Morgan fingerprint density at radius 1 is 0.865 bits per heavy atom. The highest BCUT2D eigenvalue weighted by Crippen LogP contribution is 2.26. The second-order valence-corrected chi connectivity index (χ2v) is 15.2. The lowest BCUT2D eigenvalue weighted by molar-refractivity contribution is 0.0232. The Labute approximate surface area is 304 Å². The first-order chi connectivity index (χ1) is 24.9. The van der Waals surface area contributed by atoms with Crippen LogP contribution >= 0.6 is 0 Å². The Kier molecular flexibility index (Phi) is 11.5. The van der Waals surface area contributed by atoms with Crippen molar-refractivity contribution >= 4 is 29.9 Å². The highest BCUT2D eigenvalue weighted by Gasteiger charge is 2.34. The van der Waals surface area contributed by atoms with Crippen LogP contribution in [0.1, 0.15) is 83.8 Å². The smallest absolute Gasteiger partial charge is 0.410 e. The second-order valence-electron chi connectivity index (χ2n) is 15.2. The summed E-state index contributed by atoms with van der Waals surface area (Å²) in [4.78, 5) is 52.8. The van der Waals surface area contributed by atoms with Gasteiger partial charge in [0.05, 0.1) is 19.3 Å². The van der Waals surface area contributed by atoms with Crippen LogP contribution in [-0.4, -0.2) is 116 Å². The van der Waals surface area contributed by atoms with Gasteiger partial charge in [-0.25, -0.2) is 14.4 Å². The van der Waals surface area contributed by atoms with E-state index in [0.29, 0.717) is 69.7 Å². The number of rotatable bonds is 9. The zero-order chi connectivity index (χ0) is 36.8. The zero-order valence-electron chi connectivity index (χ0n) is 31.0. The van der Waals surface area contributed by atoms with Crippen LogP contribution in [0.4, 0.5) is 20.3 Å². The van der Waals surface area contributed by atoms with Gasteiger partial charge in [0.15, 0.2) is 5.65 Å². The van der Waals surface area contributed by atoms with Gasteiger partial charge in [0, 0.05) is 44.7 Å². The predicted molar refractivity (Wildman–Crippen MR) is 192 cm³/mol. The van der Waals surface area contributed by atoms with E-state index in [1.807, 2.05) is 57.3 Å². The predicted octanol–water partition coefficient (Wildman–Crippen LogP) is 5.70. The van der Waals surface area contributed by atoms with Crippen LogP contribution in [0.15, 0.2) is 36.5 Å². The summed E-state index contributed by atoms with van der Waals surface area (Å²) in [5.41, 5.74) is 2.02. The number of fused-ring (bicyclic) bond motifs is 1. The molecule has 3 saturated heterocycles. The van der Waals surface area contributed by atoms with Gasteiger partial charge < -0.3 is 39.0 Å². The second kappa shape index (κ2) is 16.2. The number of piperidine rings is 2. The molecule has 0 saturated carbocycles. The SMILES string of the molecule is CC(C)c1cnn2c(NCC3CCN(C(=O)OC4CCN(C(=O)OC(C)(C)C)C4)CC3)nc(O[C@H]3CCCN(C(=O)OCc4ccccc4)C3)nc12. The van der Waals surface area contributed by atoms with E-state index < -0.39 is 5.60 Å². The van der Waals surface area contributed by atoms with Gasteiger partial charge >= 0.3 is 24.3 Å². The fourth-order valence-corrected chi connectivity index (χ4v) is 6.70. The minimum atomic E-state index is -0.574. The molecule has 15 nitrogen and oxygen atoms in total. The lowest BCUT2D eigenvalue weighted by atomic mass is 9.97. The fourth-order valence-electron chi connectivity index (χ4n) is 6.70. The van der Waals surface area contributed by atoms with Crippen molar-refractivity contribution in [3.8, 4) is 6.01 Å². The van der Waals surface area contributed by atoms with Gasteiger partial charge in [0.25, 0.3) is 0 Å². The molecule has 3 amide bonds. The van der Waals surface area contributed by atoms with Crippen molar-refractivity contribution in [2.24, 2.45) is 5.92 Å². The Balaban J connectivity index is 1.01. The van der Waals surface area contributed by atoms with Gasteiger partial charge in [-0.05, 0) is 63.9 Å². The summed E-state index contributed by atoms with van der Waals surface area (Å²) >= 11 is 0. The maximum atomic E-state index is 13.0. The third kappa shape index (κ3) is 9.53. The van der Waals surface area contributed by atoms with Crippen LogP contribution in [0.2, 0.25) is 0 Å². The van der Waals surface area contributed by atoms with E-state index in [2.05, 4.69) is 24.3 Å². The van der Waals surface area contributed by atoms with Crippen LogP contribution in [0.5, 0.6) is 6.01 Å². The number of carbonyl (C=O) groups excluding carboxylic acids is 3. The molecule has 1 N–H and O–H groups in total. The van der Waals surface area contributed by atoms with E-state index >= 15 is 0 Å². The summed E-state index contributed by atoms with van der Waals surface area (Å²) in [5.74, 6) is 1.01. The first-order valence-electron chi connectivity index (χ1n) is 18.5. The summed E-state index contributed by atoms with van der Waals surface area (Å²) in [7, 11) is 0. The Morgan fingerprint density at radius 3 is 2.31 bits per heavy atom. The molecule has 3 aliphatic rings. The Hall–Kier alpha value is -4.82. The average Bonchev–Trinajstić information content (AvgIpc) is 3.77. The van der Waals surface area contributed by atoms with Crippen molar-refractivity contribution in [3.05, 3.63) is 47.7 Å². The number of hydrogen-bond acceptors (Lipinski definition) is 11. The van der Waals surface area contributed by atoms with Gasteiger partial charge in [-0.3, -0.25) is 0 Å². The Morgan fingerprint density at radius 2 is 1.58 bits per heavy atom. The van der Waals surface area contributed by atoms with Crippen molar-refractivity contribution in [3.63, 3.8) is 0 Å². The molecule has 3 fully saturated rings. The first kappa shape index (κ1) is 37.0. The largest absolute Gasteiger partial charge is 0.458 e. The van der Waals surface area contributed by atoms with Crippen molar-refractivity contribution < 1.29 is 33.3 Å². The monoisotopic (exact) mass is 720 g/mol. The van der Waals surface area contributed by atoms with Crippen molar-refractivity contribution in [2.75, 3.05) is 51.1 Å². The van der Waals surface area contributed by atoms with Gasteiger partial charge in [-0.1, -0.05) is 44.2 Å². The van der Waals surface area contributed by atoms with Crippen LogP contribution in [0.3, 0.4) is 0 Å². The molecule has 52 heavy (non-hydrogen) atoms. The van der Waals surface area contributed by atoms with Crippen molar-refractivity contribution in [1.82, 2.24) is 34.3 Å². The van der Waals surface area contributed by atoms with E-state index in [4.69, 9.17) is 28.9 Å². The third-order valence-corrected chi connectivity index (χ3v) is 9.60. The molecule has 1 aromatic carbocycles. The Bertz CT molecular complexity index is 1690. The number of ether oxygens (including phenoxy) is 4. The van der Waals surface area contributed by atoms with E-state index in [1.165, 1.54) is 0 Å². The number of benzene rings is 1. The fraction of sp³-hybridized carbons (Fsp3) is 0.622. The molecule has 0 bridgehead atoms. The highest BCUT2D eigenvalue weighted by atomic mass is 16.6. The molecule has 0 aliphatic carbocycles. The molecule has 3 aliphatic heterocycles. The van der Waals surface area contributed by atoms with E-state index in [0.717, 1.165) is 36.8 Å². The third-order valence-electron chi connectivity index (χ3n) is 9.60. The van der Waals surface area contributed by atoms with Gasteiger partial charge in [-0.2, -0.15) is 19.6 Å². The number of hydrogen-bond donors (Lipinski definition) is 1. The summed E-state index contributed by atoms with van der Waals surface area (Å²) in [6, 6.07) is 9.86. The summed E-state index contributed by atoms with van der Waals surface area (Å²) in [5, 5.41) is 8.07. The van der Waals surface area contributed by atoms with Gasteiger partial charge in [0.1, 0.15) is 24.4 Å². The lowest BCUT2D eigenvalue weighted by Crippen LogP contribution is -2.44. The lowest BCUT2D eigenvalue weighted by Gasteiger charge is -2.32. The number of aromatic nitrogens is 4. The van der Waals surface area contributed by atoms with E-state index in [9.17, 15) is 14.4 Å². The summed E-state index contributed by atoms with van der Waals surface area (Å²) < 4.78 is 24.9. The number of anilines is 1. The molecule has 6 rings (SSSR count). The van der Waals surface area contributed by atoms with E-state index in [-0.39, 0.29) is 49.0 Å². The normalized spacial score (nSPS) is 19.9. The standard InChI is InChI=1S/C37H52N8O7/c1-25(2)30-21-39-45-31(30)40-33(50-28-12-9-16-43(22-28)34(46)49-24-27-10-7-6-8-11-27)41-32(45)38-20-26-13-17-42(18-14-26)35(47)51-29-15-19-44(23-29)36(48)52-37(3,4)5/h6-8,10-11,21,25-26,28-29H,9,12-20,22-24H2,1-5H3,(H,38,40,41)/t28-,29?/m0/s1. The summed E-state index contributed by atoms with van der Waals surface area (Å²) in [6.07, 6.45) is 3.82. The average molecular weight is 721 g/mol. The molecule has 0 spiro atoms. The minimum Gasteiger partial charge on any atom is -0.458 e. The molecule has 1 unspecified atom stereocenters. The van der Waals surface area contributed by atoms with Crippen LogP contribution < -0.4 is 10.1 Å². The van der Waals surface area contributed by atoms with E-state index in [1.54, 1.807) is 19.2 Å². The molecule has 2 aromatic heterocycles. The maximum Gasteiger partial charge on any atom is 0.410 e. The van der Waals surface area contributed by atoms with Gasteiger partial charge in [-0.15, -0.1) is 0 Å². The van der Waals surface area contributed by atoms with Crippen LogP contribution in [0, 0.1) is 5.92 Å². The van der Waals surface area contributed by atoms with Crippen molar-refractivity contribution in [2.45, 2.75) is 97.1 Å². The quantitative estimate of drug-likeness (QED) is 0.271. The molecule has 2 atom stereocenters. The van der Waals surface area contributed by atoms with Crippen molar-refractivity contribution in [1.29, 1.82) is 0 Å². The molecule has 15 heteroatoms. The number of likely N-dealkylation sites (tertiary alicyclic amines) is 3. The highest BCUT2D eigenvalue weighted by molar-refractivity contribution is 5.70. The topological polar surface area (TPSA) is 153 Å². The molecular weight excluding hydrogens is 668 g/mol. The number of carbonyl (C=O) groups is 3. The molecule has 5 heterocycles. The van der Waals surface area contributed by atoms with Gasteiger partial charge in [0.2, 0.25) is 5.95 Å². The maximum absolute atomic E-state index is 13.0.